The second kappa shape index (κ2) is 6.09. The maximum atomic E-state index is 12.3. The Morgan fingerprint density at radius 1 is 1.24 bits per heavy atom. The van der Waals surface area contributed by atoms with Gasteiger partial charge < -0.3 is 5.32 Å². The van der Waals surface area contributed by atoms with Crippen molar-refractivity contribution in [3.63, 3.8) is 0 Å². The van der Waals surface area contributed by atoms with Gasteiger partial charge in [0, 0.05) is 25.6 Å². The molecule has 6 heteroatoms. The van der Waals surface area contributed by atoms with E-state index in [0.717, 1.165) is 32.1 Å². The number of hydrogen-bond acceptors (Lipinski definition) is 3. The van der Waals surface area contributed by atoms with E-state index in [0.29, 0.717) is 25.6 Å². The van der Waals surface area contributed by atoms with Crippen molar-refractivity contribution in [2.24, 2.45) is 0 Å². The fourth-order valence-corrected chi connectivity index (χ4v) is 5.51. The van der Waals surface area contributed by atoms with Crippen LogP contribution in [-0.2, 0) is 20.2 Å². The third-order valence-electron chi connectivity index (χ3n) is 6.13. The minimum atomic E-state index is -3.12. The summed E-state index contributed by atoms with van der Waals surface area (Å²) in [6, 6.07) is 8.86. The number of amides is 1. The van der Waals surface area contributed by atoms with E-state index >= 15 is 0 Å². The van der Waals surface area contributed by atoms with E-state index in [-0.39, 0.29) is 17.2 Å². The van der Waals surface area contributed by atoms with Crippen LogP contribution < -0.4 is 5.32 Å². The van der Waals surface area contributed by atoms with Crippen molar-refractivity contribution in [1.29, 1.82) is 0 Å². The molecule has 1 spiro atoms. The molecule has 1 aromatic rings. The van der Waals surface area contributed by atoms with Gasteiger partial charge in [0.2, 0.25) is 15.9 Å². The maximum Gasteiger partial charge on any atom is 0.220 e. The lowest BCUT2D eigenvalue weighted by atomic mass is 9.73. The topological polar surface area (TPSA) is 66.5 Å². The molecule has 1 aromatic carbocycles. The summed E-state index contributed by atoms with van der Waals surface area (Å²) in [6.07, 6.45) is 6.71. The minimum Gasteiger partial charge on any atom is -0.353 e. The lowest BCUT2D eigenvalue weighted by Gasteiger charge is -2.39. The second-order valence-electron chi connectivity index (χ2n) is 7.98. The van der Waals surface area contributed by atoms with E-state index in [9.17, 15) is 13.2 Å². The molecule has 4 rings (SSSR count). The molecule has 1 saturated carbocycles. The average Bonchev–Trinajstić information content (AvgIpc) is 3.33. The highest BCUT2D eigenvalue weighted by molar-refractivity contribution is 7.88. The number of benzene rings is 1. The first-order valence-corrected chi connectivity index (χ1v) is 11.1. The molecule has 5 nitrogen and oxygen atoms in total. The van der Waals surface area contributed by atoms with Gasteiger partial charge in [-0.25, -0.2) is 12.7 Å². The Labute approximate surface area is 149 Å². The van der Waals surface area contributed by atoms with Gasteiger partial charge in [-0.15, -0.1) is 0 Å². The highest BCUT2D eigenvalue weighted by atomic mass is 32.2. The van der Waals surface area contributed by atoms with Crippen LogP contribution in [-0.4, -0.2) is 44.0 Å². The normalized spacial score (nSPS) is 25.7. The van der Waals surface area contributed by atoms with Crippen LogP contribution in [0.15, 0.2) is 24.3 Å². The van der Waals surface area contributed by atoms with Gasteiger partial charge in [0.25, 0.3) is 0 Å². The number of carbonyl (C=O) groups excluding carboxylic acids is 1. The quantitative estimate of drug-likeness (QED) is 0.892. The first-order chi connectivity index (χ1) is 11.9. The summed E-state index contributed by atoms with van der Waals surface area (Å²) in [5.74, 6) is 0.410. The fraction of sp³-hybridized carbons (Fsp3) is 0.632. The van der Waals surface area contributed by atoms with Gasteiger partial charge in [-0.2, -0.15) is 0 Å². The number of sulfonamides is 1. The standard InChI is InChI=1S/C19H26N2O3S/c1-25(23,24)21-10-8-19(9-11-21)13-14(12-18(22)20-15-6-7-15)16-4-2-3-5-17(16)19/h2-5,14-15H,6-13H2,1H3,(H,20,22)/t14-/m0/s1. The van der Waals surface area contributed by atoms with Gasteiger partial charge in [0.15, 0.2) is 0 Å². The zero-order valence-corrected chi connectivity index (χ0v) is 15.5. The summed E-state index contributed by atoms with van der Waals surface area (Å²) in [6.45, 7) is 1.16. The third kappa shape index (κ3) is 3.34. The van der Waals surface area contributed by atoms with E-state index in [4.69, 9.17) is 0 Å². The molecule has 3 aliphatic rings. The molecule has 1 saturated heterocycles. The van der Waals surface area contributed by atoms with Crippen LogP contribution in [0.4, 0.5) is 0 Å². The van der Waals surface area contributed by atoms with Crippen LogP contribution in [0.2, 0.25) is 0 Å². The Bertz CT molecular complexity index is 778. The van der Waals surface area contributed by atoms with E-state index < -0.39 is 10.0 Å². The number of hydrogen-bond donors (Lipinski definition) is 1. The lowest BCUT2D eigenvalue weighted by molar-refractivity contribution is -0.121. The highest BCUT2D eigenvalue weighted by Crippen LogP contribution is 2.52. The summed E-state index contributed by atoms with van der Waals surface area (Å²) in [5, 5.41) is 3.10. The predicted octanol–water partition coefficient (Wildman–Crippen LogP) is 2.14. The van der Waals surface area contributed by atoms with Crippen molar-refractivity contribution < 1.29 is 13.2 Å². The van der Waals surface area contributed by atoms with Crippen LogP contribution in [0, 0.1) is 0 Å². The van der Waals surface area contributed by atoms with E-state index in [1.165, 1.54) is 17.4 Å². The number of nitrogens with one attached hydrogen (secondary N) is 1. The first-order valence-electron chi connectivity index (χ1n) is 9.21. The van der Waals surface area contributed by atoms with Gasteiger partial charge in [0.05, 0.1) is 6.26 Å². The smallest absolute Gasteiger partial charge is 0.220 e. The first kappa shape index (κ1) is 17.0. The Morgan fingerprint density at radius 3 is 2.56 bits per heavy atom. The Morgan fingerprint density at radius 2 is 1.92 bits per heavy atom. The van der Waals surface area contributed by atoms with Crippen LogP contribution >= 0.6 is 0 Å². The molecule has 2 aliphatic carbocycles. The average molecular weight is 362 g/mol. The van der Waals surface area contributed by atoms with Crippen molar-refractivity contribution in [3.8, 4) is 0 Å². The number of fused-ring (bicyclic) bond motifs is 2. The highest BCUT2D eigenvalue weighted by Gasteiger charge is 2.46. The molecule has 0 unspecified atom stereocenters. The fourth-order valence-electron chi connectivity index (χ4n) is 4.67. The molecule has 1 amide bonds. The van der Waals surface area contributed by atoms with E-state index in [1.54, 1.807) is 4.31 Å². The molecule has 1 heterocycles. The number of carbonyl (C=O) groups is 1. The zero-order chi connectivity index (χ0) is 17.7. The summed E-state index contributed by atoms with van der Waals surface area (Å²) in [5.41, 5.74) is 2.66. The molecule has 2 fully saturated rings. The van der Waals surface area contributed by atoms with Gasteiger partial charge in [-0.1, -0.05) is 24.3 Å². The third-order valence-corrected chi connectivity index (χ3v) is 7.44. The zero-order valence-electron chi connectivity index (χ0n) is 14.7. The lowest BCUT2D eigenvalue weighted by Crippen LogP contribution is -2.44. The molecule has 25 heavy (non-hydrogen) atoms. The molecular formula is C19H26N2O3S. The number of nitrogens with zero attached hydrogens (tertiary/aromatic N) is 1. The molecule has 136 valence electrons. The Kier molecular flexibility index (Phi) is 4.15. The second-order valence-corrected chi connectivity index (χ2v) is 9.96. The van der Waals surface area contributed by atoms with Crippen molar-refractivity contribution in [1.82, 2.24) is 9.62 Å². The van der Waals surface area contributed by atoms with E-state index in [1.807, 2.05) is 0 Å². The largest absolute Gasteiger partial charge is 0.353 e. The molecule has 1 N–H and O–H groups in total. The molecule has 0 aromatic heterocycles. The SMILES string of the molecule is CS(=O)(=O)N1CCC2(CC1)C[C@H](CC(=O)NC1CC1)c1ccccc12. The van der Waals surface area contributed by atoms with Gasteiger partial charge >= 0.3 is 0 Å². The van der Waals surface area contributed by atoms with Crippen molar-refractivity contribution in [3.05, 3.63) is 35.4 Å². The van der Waals surface area contributed by atoms with Crippen LogP contribution in [0.3, 0.4) is 0 Å². The van der Waals surface area contributed by atoms with Gasteiger partial charge in [0.1, 0.15) is 0 Å². The summed E-state index contributed by atoms with van der Waals surface area (Å²) in [4.78, 5) is 12.3. The number of piperidine rings is 1. The van der Waals surface area contributed by atoms with Crippen LogP contribution in [0.1, 0.15) is 55.6 Å². The van der Waals surface area contributed by atoms with Crippen LogP contribution in [0.5, 0.6) is 0 Å². The minimum absolute atomic E-state index is 0.0301. The maximum absolute atomic E-state index is 12.3. The summed E-state index contributed by atoms with van der Waals surface area (Å²) in [7, 11) is -3.12. The van der Waals surface area contributed by atoms with Gasteiger partial charge in [-0.3, -0.25) is 4.79 Å². The van der Waals surface area contributed by atoms with Crippen molar-refractivity contribution in [2.45, 2.75) is 55.9 Å². The van der Waals surface area contributed by atoms with E-state index in [2.05, 4.69) is 29.6 Å². The van der Waals surface area contributed by atoms with Gasteiger partial charge in [-0.05, 0) is 54.6 Å². The Hall–Kier alpha value is -1.40. The summed E-state index contributed by atoms with van der Waals surface area (Å²) >= 11 is 0. The summed E-state index contributed by atoms with van der Waals surface area (Å²) < 4.78 is 25.2. The molecule has 0 radical (unpaired) electrons. The van der Waals surface area contributed by atoms with Crippen molar-refractivity contribution >= 4 is 15.9 Å². The molecular weight excluding hydrogens is 336 g/mol. The monoisotopic (exact) mass is 362 g/mol. The predicted molar refractivity (Wildman–Crippen MR) is 96.9 cm³/mol. The molecule has 0 bridgehead atoms. The molecule has 1 aliphatic heterocycles. The van der Waals surface area contributed by atoms with Crippen LogP contribution in [0.25, 0.3) is 0 Å². The number of rotatable bonds is 4. The molecule has 1 atom stereocenters. The van der Waals surface area contributed by atoms with Crippen molar-refractivity contribution in [2.75, 3.05) is 19.3 Å². The Balaban J connectivity index is 1.53.